The molecule has 0 aromatic heterocycles. The van der Waals surface area contributed by atoms with Crippen molar-refractivity contribution in [3.8, 4) is 0 Å². The summed E-state index contributed by atoms with van der Waals surface area (Å²) in [6.45, 7) is 17.4. The zero-order valence-electron chi connectivity index (χ0n) is 17.7. The average molecular weight is 363 g/mol. The van der Waals surface area contributed by atoms with E-state index in [-0.39, 0.29) is 11.9 Å². The van der Waals surface area contributed by atoms with Crippen LogP contribution >= 0.6 is 0 Å². The monoisotopic (exact) mass is 362 g/mol. The third-order valence-electron chi connectivity index (χ3n) is 4.49. The molecule has 0 saturated carbocycles. The molecule has 0 aliphatic heterocycles. The fraction of sp³-hybridized carbons (Fsp3) is 0.682. The molecule has 1 unspecified atom stereocenters. The lowest BCUT2D eigenvalue weighted by Crippen LogP contribution is -2.32. The highest BCUT2D eigenvalue weighted by atomic mass is 16.5. The van der Waals surface area contributed by atoms with Crippen LogP contribution in [0.5, 0.6) is 0 Å². The average Bonchev–Trinajstić information content (AvgIpc) is 2.51. The minimum atomic E-state index is -0.143. The molecule has 2 N–H and O–H groups in total. The summed E-state index contributed by atoms with van der Waals surface area (Å²) in [5.41, 5.74) is 9.44. The Morgan fingerprint density at radius 1 is 1.08 bits per heavy atom. The van der Waals surface area contributed by atoms with Crippen LogP contribution in [0.2, 0.25) is 0 Å². The van der Waals surface area contributed by atoms with Crippen molar-refractivity contribution in [2.75, 3.05) is 30.3 Å². The minimum absolute atomic E-state index is 0.119. The van der Waals surface area contributed by atoms with E-state index >= 15 is 0 Å². The topological polar surface area (TPSA) is 55.6 Å². The number of carbonyl (C=O) groups excluding carboxylic acids is 1. The first-order valence-corrected chi connectivity index (χ1v) is 9.95. The van der Waals surface area contributed by atoms with E-state index in [1.807, 2.05) is 13.0 Å². The van der Waals surface area contributed by atoms with Gasteiger partial charge in [0.1, 0.15) is 0 Å². The molecule has 0 aliphatic rings. The summed E-state index contributed by atoms with van der Waals surface area (Å²) in [5.74, 6) is 1.45. The molecular formula is C22H38N2O2. The van der Waals surface area contributed by atoms with Crippen molar-refractivity contribution in [3.63, 3.8) is 0 Å². The molecule has 148 valence electrons. The van der Waals surface area contributed by atoms with Crippen molar-refractivity contribution in [1.29, 1.82) is 0 Å². The Hall–Kier alpha value is -1.71. The molecule has 0 saturated heterocycles. The molecule has 1 aromatic rings. The first kappa shape index (κ1) is 22.3. The quantitative estimate of drug-likeness (QED) is 0.466. The van der Waals surface area contributed by atoms with Crippen LogP contribution in [0.15, 0.2) is 18.2 Å². The minimum Gasteiger partial charge on any atom is -0.466 e. The molecule has 0 amide bonds. The van der Waals surface area contributed by atoms with Gasteiger partial charge < -0.3 is 15.4 Å². The Morgan fingerprint density at radius 3 is 2.08 bits per heavy atom. The third kappa shape index (κ3) is 6.89. The molecule has 0 spiro atoms. The van der Waals surface area contributed by atoms with E-state index in [1.165, 1.54) is 0 Å². The van der Waals surface area contributed by atoms with Crippen molar-refractivity contribution in [2.45, 2.75) is 60.8 Å². The van der Waals surface area contributed by atoms with Gasteiger partial charge in [0, 0.05) is 13.1 Å². The van der Waals surface area contributed by atoms with E-state index in [0.717, 1.165) is 30.0 Å². The molecule has 0 aliphatic carbocycles. The standard InChI is InChI=1S/C22H38N2O2/c1-8-26-22(25)12-19(17(6)7)18-9-10-21(20(23)11-18)24(13-15(2)3)14-16(4)5/h9-11,15-17,19H,8,12-14,23H2,1-7H3. The number of carbonyl (C=O) groups is 1. The van der Waals surface area contributed by atoms with Gasteiger partial charge in [0.15, 0.2) is 0 Å². The number of benzene rings is 1. The van der Waals surface area contributed by atoms with Crippen molar-refractivity contribution >= 4 is 17.3 Å². The number of nitrogens with zero attached hydrogens (tertiary/aromatic N) is 1. The van der Waals surface area contributed by atoms with Crippen LogP contribution in [-0.2, 0) is 9.53 Å². The first-order valence-electron chi connectivity index (χ1n) is 9.95. The molecular weight excluding hydrogens is 324 g/mol. The Bertz CT molecular complexity index is 557. The highest BCUT2D eigenvalue weighted by molar-refractivity contribution is 5.72. The van der Waals surface area contributed by atoms with E-state index in [1.54, 1.807) is 0 Å². The number of esters is 1. The van der Waals surface area contributed by atoms with Crippen molar-refractivity contribution in [1.82, 2.24) is 0 Å². The summed E-state index contributed by atoms with van der Waals surface area (Å²) in [7, 11) is 0. The van der Waals surface area contributed by atoms with E-state index in [4.69, 9.17) is 10.5 Å². The van der Waals surface area contributed by atoms with Crippen LogP contribution in [0.4, 0.5) is 11.4 Å². The van der Waals surface area contributed by atoms with Gasteiger partial charge in [-0.2, -0.15) is 0 Å². The predicted molar refractivity (Wildman–Crippen MR) is 112 cm³/mol. The predicted octanol–water partition coefficient (Wildman–Crippen LogP) is 5.08. The Labute approximate surface area is 160 Å². The van der Waals surface area contributed by atoms with E-state index < -0.39 is 0 Å². The van der Waals surface area contributed by atoms with Crippen LogP contribution in [0.25, 0.3) is 0 Å². The zero-order valence-corrected chi connectivity index (χ0v) is 17.7. The Kier molecular flexibility index (Phi) is 8.97. The van der Waals surface area contributed by atoms with Crippen LogP contribution in [0.1, 0.15) is 66.4 Å². The fourth-order valence-corrected chi connectivity index (χ4v) is 3.38. The van der Waals surface area contributed by atoms with Crippen molar-refractivity contribution in [3.05, 3.63) is 23.8 Å². The molecule has 0 fully saturated rings. The normalized spacial score (nSPS) is 12.7. The van der Waals surface area contributed by atoms with Gasteiger partial charge in [-0.15, -0.1) is 0 Å². The highest BCUT2D eigenvalue weighted by Crippen LogP contribution is 2.34. The van der Waals surface area contributed by atoms with Gasteiger partial charge >= 0.3 is 5.97 Å². The molecule has 26 heavy (non-hydrogen) atoms. The van der Waals surface area contributed by atoms with E-state index in [9.17, 15) is 4.79 Å². The number of nitrogen functional groups attached to an aromatic ring is 1. The van der Waals surface area contributed by atoms with Crippen molar-refractivity contribution in [2.24, 2.45) is 17.8 Å². The Morgan fingerprint density at radius 2 is 1.65 bits per heavy atom. The van der Waals surface area contributed by atoms with E-state index in [0.29, 0.717) is 30.8 Å². The number of rotatable bonds is 10. The van der Waals surface area contributed by atoms with Gasteiger partial charge in [0.05, 0.1) is 24.4 Å². The lowest BCUT2D eigenvalue weighted by molar-refractivity contribution is -0.143. The molecule has 4 heteroatoms. The van der Waals surface area contributed by atoms with E-state index in [2.05, 4.69) is 58.6 Å². The molecule has 0 radical (unpaired) electrons. The first-order chi connectivity index (χ1) is 12.1. The van der Waals surface area contributed by atoms with Gasteiger partial charge in [0.25, 0.3) is 0 Å². The van der Waals surface area contributed by atoms with Gasteiger partial charge in [-0.25, -0.2) is 0 Å². The lowest BCUT2D eigenvalue weighted by atomic mass is 9.85. The number of hydrogen-bond acceptors (Lipinski definition) is 4. The lowest BCUT2D eigenvalue weighted by Gasteiger charge is -2.30. The molecule has 1 rings (SSSR count). The second-order valence-electron chi connectivity index (χ2n) is 8.37. The maximum atomic E-state index is 12.0. The van der Waals surface area contributed by atoms with Crippen molar-refractivity contribution < 1.29 is 9.53 Å². The summed E-state index contributed by atoms with van der Waals surface area (Å²) in [5, 5.41) is 0. The molecule has 1 aromatic carbocycles. The summed E-state index contributed by atoms with van der Waals surface area (Å²) >= 11 is 0. The van der Waals surface area contributed by atoms with Gasteiger partial charge in [-0.3, -0.25) is 4.79 Å². The Balaban J connectivity index is 3.09. The summed E-state index contributed by atoms with van der Waals surface area (Å²) in [4.78, 5) is 14.4. The molecule has 0 heterocycles. The summed E-state index contributed by atoms with van der Waals surface area (Å²) < 4.78 is 5.15. The summed E-state index contributed by atoms with van der Waals surface area (Å²) in [6, 6.07) is 6.30. The van der Waals surface area contributed by atoms with Gasteiger partial charge in [0.2, 0.25) is 0 Å². The highest BCUT2D eigenvalue weighted by Gasteiger charge is 2.22. The number of anilines is 2. The second-order valence-corrected chi connectivity index (χ2v) is 8.37. The van der Waals surface area contributed by atoms with Crippen LogP contribution < -0.4 is 10.6 Å². The smallest absolute Gasteiger partial charge is 0.306 e. The third-order valence-corrected chi connectivity index (χ3v) is 4.49. The van der Waals surface area contributed by atoms with Gasteiger partial charge in [-0.05, 0) is 48.3 Å². The number of nitrogens with two attached hydrogens (primary N) is 1. The number of ether oxygens (including phenoxy) is 1. The van der Waals surface area contributed by atoms with Crippen LogP contribution in [0, 0.1) is 17.8 Å². The maximum Gasteiger partial charge on any atom is 0.306 e. The van der Waals surface area contributed by atoms with Gasteiger partial charge in [-0.1, -0.05) is 47.6 Å². The summed E-state index contributed by atoms with van der Waals surface area (Å²) in [6.07, 6.45) is 0.395. The van der Waals surface area contributed by atoms with Crippen LogP contribution in [-0.4, -0.2) is 25.7 Å². The molecule has 4 nitrogen and oxygen atoms in total. The second kappa shape index (κ2) is 10.4. The maximum absolute atomic E-state index is 12.0. The van der Waals surface area contributed by atoms with Crippen LogP contribution in [0.3, 0.4) is 0 Å². The SMILES string of the molecule is CCOC(=O)CC(c1ccc(N(CC(C)C)CC(C)C)c(N)c1)C(C)C. The fourth-order valence-electron chi connectivity index (χ4n) is 3.38. The molecule has 1 atom stereocenters. The number of hydrogen-bond donors (Lipinski definition) is 1. The zero-order chi connectivity index (χ0) is 19.9. The molecule has 0 bridgehead atoms. The largest absolute Gasteiger partial charge is 0.466 e.